The van der Waals surface area contributed by atoms with Crippen LogP contribution in [-0.2, 0) is 17.6 Å². The molecule has 1 fully saturated rings. The van der Waals surface area contributed by atoms with Crippen LogP contribution < -0.4 is 11.1 Å². The number of benzene rings is 3. The van der Waals surface area contributed by atoms with E-state index in [1.165, 1.54) is 16.7 Å². The molecule has 35 heavy (non-hydrogen) atoms. The molecule has 1 saturated carbocycles. The summed E-state index contributed by atoms with van der Waals surface area (Å²) in [6.45, 7) is 4.78. The molecule has 0 radical (unpaired) electrons. The number of anilines is 1. The third kappa shape index (κ3) is 5.06. The number of aryl methyl sites for hydroxylation is 2. The molecule has 1 aliphatic heterocycles. The first-order valence-corrected chi connectivity index (χ1v) is 12.7. The van der Waals surface area contributed by atoms with Crippen molar-refractivity contribution in [2.75, 3.05) is 11.9 Å². The van der Waals surface area contributed by atoms with Crippen molar-refractivity contribution in [2.24, 2.45) is 5.73 Å². The molecule has 2 atom stereocenters. The average molecular weight is 470 g/mol. The largest absolute Gasteiger partial charge is 0.508 e. The summed E-state index contributed by atoms with van der Waals surface area (Å²) in [4.78, 5) is 15.9. The molecule has 0 unspecified atom stereocenters. The Hall–Kier alpha value is -3.31. The number of aromatic hydroxyl groups is 1. The van der Waals surface area contributed by atoms with Crippen molar-refractivity contribution in [3.8, 4) is 5.75 Å². The summed E-state index contributed by atoms with van der Waals surface area (Å²) in [5.41, 5.74) is 14.4. The molecule has 1 heterocycles. The van der Waals surface area contributed by atoms with Gasteiger partial charge in [-0.2, -0.15) is 0 Å². The maximum absolute atomic E-state index is 13.8. The van der Waals surface area contributed by atoms with E-state index >= 15 is 0 Å². The monoisotopic (exact) mass is 469 g/mol. The van der Waals surface area contributed by atoms with Gasteiger partial charge in [-0.05, 0) is 97.5 Å². The van der Waals surface area contributed by atoms with Gasteiger partial charge in [0.05, 0.1) is 12.1 Å². The van der Waals surface area contributed by atoms with Crippen molar-refractivity contribution in [2.45, 2.75) is 64.1 Å². The normalized spacial score (nSPS) is 17.9. The SMILES string of the molecule is Cc1cc(O)cc(C)c1C[C@H](N)C(=O)N(C1CC1)[C@@H]1CCNc2ccc(Cc3ccccc3)cc21. The molecule has 2 aliphatic rings. The lowest BCUT2D eigenvalue weighted by atomic mass is 9.91. The highest BCUT2D eigenvalue weighted by molar-refractivity contribution is 5.83. The summed E-state index contributed by atoms with van der Waals surface area (Å²) in [6.07, 6.45) is 4.31. The van der Waals surface area contributed by atoms with Crippen molar-refractivity contribution in [1.82, 2.24) is 4.90 Å². The summed E-state index contributed by atoms with van der Waals surface area (Å²) in [6, 6.07) is 20.3. The van der Waals surface area contributed by atoms with Gasteiger partial charge in [-0.15, -0.1) is 0 Å². The summed E-state index contributed by atoms with van der Waals surface area (Å²) in [5.74, 6) is 0.284. The van der Waals surface area contributed by atoms with Crippen LogP contribution in [0.25, 0.3) is 0 Å². The van der Waals surface area contributed by atoms with E-state index in [1.807, 2.05) is 19.9 Å². The van der Waals surface area contributed by atoms with E-state index < -0.39 is 6.04 Å². The van der Waals surface area contributed by atoms with E-state index in [-0.39, 0.29) is 23.7 Å². The number of nitrogens with zero attached hydrogens (tertiary/aromatic N) is 1. The zero-order chi connectivity index (χ0) is 24.5. The molecule has 0 aromatic heterocycles. The number of phenolic OH excluding ortho intramolecular Hbond substituents is 1. The highest BCUT2D eigenvalue weighted by Crippen LogP contribution is 2.41. The van der Waals surface area contributed by atoms with Crippen LogP contribution in [0.1, 0.15) is 58.7 Å². The van der Waals surface area contributed by atoms with Gasteiger partial charge in [0.15, 0.2) is 0 Å². The summed E-state index contributed by atoms with van der Waals surface area (Å²) >= 11 is 0. The molecule has 0 saturated heterocycles. The second kappa shape index (κ2) is 9.74. The van der Waals surface area contributed by atoms with Gasteiger partial charge in [0.1, 0.15) is 5.75 Å². The molecular weight excluding hydrogens is 434 g/mol. The number of hydrogen-bond acceptors (Lipinski definition) is 4. The predicted octanol–water partition coefficient (Wildman–Crippen LogP) is 5.02. The number of nitrogens with one attached hydrogen (secondary N) is 1. The predicted molar refractivity (Wildman–Crippen MR) is 141 cm³/mol. The summed E-state index contributed by atoms with van der Waals surface area (Å²) in [5, 5.41) is 13.4. The maximum atomic E-state index is 13.8. The van der Waals surface area contributed by atoms with Gasteiger partial charge in [-0.3, -0.25) is 4.79 Å². The topological polar surface area (TPSA) is 78.6 Å². The number of rotatable bonds is 7. The van der Waals surface area contributed by atoms with Gasteiger partial charge in [0.2, 0.25) is 5.91 Å². The molecule has 5 nitrogen and oxygen atoms in total. The van der Waals surface area contributed by atoms with E-state index in [0.29, 0.717) is 6.42 Å². The van der Waals surface area contributed by atoms with E-state index in [0.717, 1.165) is 54.6 Å². The van der Waals surface area contributed by atoms with Gasteiger partial charge in [-0.25, -0.2) is 0 Å². The van der Waals surface area contributed by atoms with Crippen LogP contribution in [0.4, 0.5) is 5.69 Å². The minimum atomic E-state index is -0.608. The second-order valence-electron chi connectivity index (χ2n) is 10.2. The van der Waals surface area contributed by atoms with Gasteiger partial charge in [0.25, 0.3) is 0 Å². The maximum Gasteiger partial charge on any atom is 0.240 e. The number of amides is 1. The third-order valence-electron chi connectivity index (χ3n) is 7.41. The Balaban J connectivity index is 1.41. The van der Waals surface area contributed by atoms with Crippen molar-refractivity contribution in [3.63, 3.8) is 0 Å². The third-order valence-corrected chi connectivity index (χ3v) is 7.41. The van der Waals surface area contributed by atoms with Crippen molar-refractivity contribution in [1.29, 1.82) is 0 Å². The van der Waals surface area contributed by atoms with E-state index in [1.54, 1.807) is 12.1 Å². The average Bonchev–Trinajstić information content (AvgIpc) is 3.67. The molecule has 1 amide bonds. The number of carbonyl (C=O) groups excluding carboxylic acids is 1. The highest BCUT2D eigenvalue weighted by atomic mass is 16.3. The van der Waals surface area contributed by atoms with Crippen molar-refractivity contribution >= 4 is 11.6 Å². The van der Waals surface area contributed by atoms with Crippen molar-refractivity contribution in [3.05, 3.63) is 94.0 Å². The molecular formula is C30H35N3O2. The van der Waals surface area contributed by atoms with E-state index in [4.69, 9.17) is 5.73 Å². The van der Waals surface area contributed by atoms with Gasteiger partial charge < -0.3 is 21.1 Å². The number of phenols is 1. The first kappa shape index (κ1) is 23.4. The Morgan fingerprint density at radius 3 is 2.43 bits per heavy atom. The Morgan fingerprint density at radius 1 is 1.03 bits per heavy atom. The zero-order valence-corrected chi connectivity index (χ0v) is 20.6. The summed E-state index contributed by atoms with van der Waals surface area (Å²) < 4.78 is 0. The Kier molecular flexibility index (Phi) is 6.52. The Labute approximate surface area is 208 Å². The number of nitrogens with two attached hydrogens (primary N) is 1. The van der Waals surface area contributed by atoms with Crippen LogP contribution in [-0.4, -0.2) is 34.5 Å². The van der Waals surface area contributed by atoms with Crippen LogP contribution in [0.3, 0.4) is 0 Å². The Morgan fingerprint density at radius 2 is 1.74 bits per heavy atom. The number of hydrogen-bond donors (Lipinski definition) is 3. The second-order valence-corrected chi connectivity index (χ2v) is 10.2. The highest BCUT2D eigenvalue weighted by Gasteiger charge is 2.41. The van der Waals surface area contributed by atoms with Gasteiger partial charge in [0, 0.05) is 18.3 Å². The van der Waals surface area contributed by atoms with Crippen LogP contribution in [0.15, 0.2) is 60.7 Å². The molecule has 182 valence electrons. The first-order valence-electron chi connectivity index (χ1n) is 12.7. The number of carbonyl (C=O) groups is 1. The lowest BCUT2D eigenvalue weighted by molar-refractivity contribution is -0.136. The van der Waals surface area contributed by atoms with Gasteiger partial charge >= 0.3 is 0 Å². The molecule has 1 aliphatic carbocycles. The smallest absolute Gasteiger partial charge is 0.240 e. The molecule has 0 spiro atoms. The van der Waals surface area contributed by atoms with Crippen LogP contribution in [0.5, 0.6) is 5.75 Å². The van der Waals surface area contributed by atoms with Crippen LogP contribution in [0.2, 0.25) is 0 Å². The molecule has 0 bridgehead atoms. The molecule has 3 aromatic carbocycles. The molecule has 5 heteroatoms. The molecule has 3 aromatic rings. The fourth-order valence-corrected chi connectivity index (χ4v) is 5.51. The standard InChI is InChI=1S/C30H35N3O2/c1-19-14-24(34)15-20(2)25(19)18-27(31)30(35)33(23-9-10-23)29-12-13-32-28-11-8-22(17-26(28)29)16-21-6-4-3-5-7-21/h3-8,11,14-15,17,23,27,29,32,34H,9-10,12-13,16,18,31H2,1-2H3/t27-,29+/m0/s1. The first-order chi connectivity index (χ1) is 16.9. The van der Waals surface area contributed by atoms with E-state index in [9.17, 15) is 9.90 Å². The lowest BCUT2D eigenvalue weighted by Crippen LogP contribution is -2.48. The fourth-order valence-electron chi connectivity index (χ4n) is 5.51. The molecule has 4 N–H and O–H groups in total. The van der Waals surface area contributed by atoms with Crippen LogP contribution in [0, 0.1) is 13.8 Å². The molecule has 5 rings (SSSR count). The van der Waals surface area contributed by atoms with Crippen LogP contribution >= 0.6 is 0 Å². The van der Waals surface area contributed by atoms with E-state index in [2.05, 4.69) is 52.7 Å². The summed E-state index contributed by atoms with van der Waals surface area (Å²) in [7, 11) is 0. The Bertz CT molecular complexity index is 1200. The lowest BCUT2D eigenvalue weighted by Gasteiger charge is -2.38. The minimum Gasteiger partial charge on any atom is -0.508 e. The quantitative estimate of drug-likeness (QED) is 0.454. The number of fused-ring (bicyclic) bond motifs is 1. The zero-order valence-electron chi connectivity index (χ0n) is 20.6. The van der Waals surface area contributed by atoms with Crippen molar-refractivity contribution < 1.29 is 9.90 Å². The minimum absolute atomic E-state index is 0.0330. The fraction of sp³-hybridized carbons (Fsp3) is 0.367. The van der Waals surface area contributed by atoms with Gasteiger partial charge in [-0.1, -0.05) is 42.5 Å².